The Labute approximate surface area is 140 Å². The fourth-order valence-electron chi connectivity index (χ4n) is 3.81. The molecule has 0 amide bonds. The van der Waals surface area contributed by atoms with Gasteiger partial charge in [-0.15, -0.1) is 0 Å². The predicted octanol–water partition coefficient (Wildman–Crippen LogP) is 6.77. The largest absolute Gasteiger partial charge is 0.381 e. The molecular weight excluding hydrogens is 357 g/mol. The molecule has 20 heavy (non-hydrogen) atoms. The minimum Gasteiger partial charge on any atom is -0.381 e. The summed E-state index contributed by atoms with van der Waals surface area (Å²) in [5, 5.41) is 4.77. The lowest BCUT2D eigenvalue weighted by molar-refractivity contribution is 0.105. The molecule has 1 fully saturated rings. The summed E-state index contributed by atoms with van der Waals surface area (Å²) in [4.78, 5) is 0. The van der Waals surface area contributed by atoms with E-state index in [1.165, 1.54) is 6.42 Å². The van der Waals surface area contributed by atoms with Gasteiger partial charge in [0.05, 0.1) is 15.7 Å². The highest BCUT2D eigenvalue weighted by atomic mass is 79.9. The number of rotatable bonds is 2. The zero-order chi connectivity index (χ0) is 15.1. The lowest BCUT2D eigenvalue weighted by atomic mass is 9.63. The second-order valence-electron chi connectivity index (χ2n) is 7.48. The van der Waals surface area contributed by atoms with E-state index in [4.69, 9.17) is 23.2 Å². The van der Waals surface area contributed by atoms with E-state index in [2.05, 4.69) is 48.9 Å². The molecule has 2 rings (SSSR count). The Kier molecular flexibility index (Phi) is 4.69. The second kappa shape index (κ2) is 5.70. The van der Waals surface area contributed by atoms with E-state index in [1.54, 1.807) is 0 Å². The van der Waals surface area contributed by atoms with Crippen LogP contribution >= 0.6 is 39.1 Å². The standard InChI is InChI=1S/C16H22BrCl2N/c1-15(2)7-10(8-16(3,4)9-15)20-12-6-5-11(17)13(18)14(12)19/h5-6,10,20H,7-9H2,1-4H3. The minimum atomic E-state index is 0.352. The Morgan fingerprint density at radius 1 is 1.05 bits per heavy atom. The second-order valence-corrected chi connectivity index (χ2v) is 9.09. The quantitative estimate of drug-likeness (QED) is 0.559. The molecule has 0 radical (unpaired) electrons. The number of hydrogen-bond acceptors (Lipinski definition) is 1. The van der Waals surface area contributed by atoms with Crippen LogP contribution in [0, 0.1) is 10.8 Å². The van der Waals surface area contributed by atoms with Crippen molar-refractivity contribution in [1.82, 2.24) is 0 Å². The van der Waals surface area contributed by atoms with Crippen molar-refractivity contribution < 1.29 is 0 Å². The maximum atomic E-state index is 6.34. The number of halogens is 3. The molecule has 0 bridgehead atoms. The zero-order valence-electron chi connectivity index (χ0n) is 12.5. The van der Waals surface area contributed by atoms with Crippen LogP contribution in [0.25, 0.3) is 0 Å². The van der Waals surface area contributed by atoms with Gasteiger partial charge >= 0.3 is 0 Å². The predicted molar refractivity (Wildman–Crippen MR) is 93.0 cm³/mol. The van der Waals surface area contributed by atoms with E-state index >= 15 is 0 Å². The van der Waals surface area contributed by atoms with Gasteiger partial charge in [0, 0.05) is 10.5 Å². The van der Waals surface area contributed by atoms with Gasteiger partial charge in [-0.1, -0.05) is 50.9 Å². The summed E-state index contributed by atoms with van der Waals surface area (Å²) < 4.78 is 0.832. The lowest BCUT2D eigenvalue weighted by Gasteiger charge is -2.45. The van der Waals surface area contributed by atoms with E-state index in [0.717, 1.165) is 23.0 Å². The van der Waals surface area contributed by atoms with Crippen LogP contribution in [0.5, 0.6) is 0 Å². The van der Waals surface area contributed by atoms with Crippen molar-refractivity contribution in [3.63, 3.8) is 0 Å². The SMILES string of the molecule is CC1(C)CC(Nc2ccc(Br)c(Cl)c2Cl)CC(C)(C)C1. The zero-order valence-corrected chi connectivity index (χ0v) is 15.6. The first-order valence-electron chi connectivity index (χ1n) is 7.00. The van der Waals surface area contributed by atoms with Crippen molar-refractivity contribution in [1.29, 1.82) is 0 Å². The molecule has 112 valence electrons. The summed E-state index contributed by atoms with van der Waals surface area (Å²) >= 11 is 15.9. The summed E-state index contributed by atoms with van der Waals surface area (Å²) in [5.74, 6) is 0. The van der Waals surface area contributed by atoms with Gasteiger partial charge in [0.1, 0.15) is 0 Å². The van der Waals surface area contributed by atoms with E-state index in [0.29, 0.717) is 26.9 Å². The van der Waals surface area contributed by atoms with Gasteiger partial charge in [-0.2, -0.15) is 0 Å². The molecule has 0 aromatic heterocycles. The molecule has 1 N–H and O–H groups in total. The van der Waals surface area contributed by atoms with Crippen molar-refractivity contribution in [2.75, 3.05) is 5.32 Å². The highest BCUT2D eigenvalue weighted by Gasteiger charge is 2.38. The van der Waals surface area contributed by atoms with Crippen molar-refractivity contribution in [2.45, 2.75) is 53.0 Å². The third kappa shape index (κ3) is 3.84. The Morgan fingerprint density at radius 3 is 2.15 bits per heavy atom. The number of anilines is 1. The molecule has 1 aliphatic rings. The van der Waals surface area contributed by atoms with Crippen LogP contribution in [0.2, 0.25) is 10.0 Å². The molecule has 0 saturated heterocycles. The maximum Gasteiger partial charge on any atom is 0.0835 e. The molecular formula is C16H22BrCl2N. The van der Waals surface area contributed by atoms with Crippen molar-refractivity contribution in [3.05, 3.63) is 26.7 Å². The molecule has 0 atom stereocenters. The van der Waals surface area contributed by atoms with E-state index in [-0.39, 0.29) is 0 Å². The van der Waals surface area contributed by atoms with Crippen LogP contribution in [0.3, 0.4) is 0 Å². The van der Waals surface area contributed by atoms with Gasteiger partial charge in [0.15, 0.2) is 0 Å². The molecule has 4 heteroatoms. The van der Waals surface area contributed by atoms with Gasteiger partial charge in [0.25, 0.3) is 0 Å². The van der Waals surface area contributed by atoms with Crippen LogP contribution in [0.4, 0.5) is 5.69 Å². The monoisotopic (exact) mass is 377 g/mol. The average Bonchev–Trinajstić information content (AvgIpc) is 2.26. The topological polar surface area (TPSA) is 12.0 Å². The Balaban J connectivity index is 2.20. The van der Waals surface area contributed by atoms with E-state index in [1.807, 2.05) is 12.1 Å². The maximum absolute atomic E-state index is 6.34. The van der Waals surface area contributed by atoms with Gasteiger partial charge in [-0.05, 0) is 58.2 Å². The summed E-state index contributed by atoms with van der Waals surface area (Å²) in [5.41, 5.74) is 1.63. The molecule has 0 heterocycles. The summed E-state index contributed by atoms with van der Waals surface area (Å²) in [6.07, 6.45) is 3.56. The molecule has 0 unspecified atom stereocenters. The third-order valence-corrected chi connectivity index (χ3v) is 5.72. The molecule has 1 saturated carbocycles. The fourth-order valence-corrected chi connectivity index (χ4v) is 4.63. The van der Waals surface area contributed by atoms with Crippen molar-refractivity contribution in [2.24, 2.45) is 10.8 Å². The summed E-state index contributed by atoms with van der Waals surface area (Å²) in [6, 6.07) is 4.37. The molecule has 0 spiro atoms. The van der Waals surface area contributed by atoms with Gasteiger partial charge in [-0.3, -0.25) is 0 Å². The van der Waals surface area contributed by atoms with Crippen LogP contribution in [0.1, 0.15) is 47.0 Å². The van der Waals surface area contributed by atoms with E-state index in [9.17, 15) is 0 Å². The van der Waals surface area contributed by atoms with Crippen LogP contribution in [0.15, 0.2) is 16.6 Å². The highest BCUT2D eigenvalue weighted by Crippen LogP contribution is 2.47. The highest BCUT2D eigenvalue weighted by molar-refractivity contribution is 9.10. The van der Waals surface area contributed by atoms with Crippen LogP contribution in [-0.4, -0.2) is 6.04 Å². The molecule has 1 nitrogen and oxygen atoms in total. The smallest absolute Gasteiger partial charge is 0.0835 e. The molecule has 1 aromatic rings. The number of nitrogens with one attached hydrogen (secondary N) is 1. The van der Waals surface area contributed by atoms with Gasteiger partial charge < -0.3 is 5.32 Å². The average molecular weight is 379 g/mol. The number of benzene rings is 1. The first-order valence-corrected chi connectivity index (χ1v) is 8.55. The van der Waals surface area contributed by atoms with Crippen LogP contribution < -0.4 is 5.32 Å². The first kappa shape index (κ1) is 16.5. The summed E-state index contributed by atoms with van der Waals surface area (Å²) in [7, 11) is 0. The first-order chi connectivity index (χ1) is 9.10. The number of hydrogen-bond donors (Lipinski definition) is 1. The van der Waals surface area contributed by atoms with Gasteiger partial charge in [0.2, 0.25) is 0 Å². The molecule has 1 aromatic carbocycles. The van der Waals surface area contributed by atoms with Crippen LogP contribution in [-0.2, 0) is 0 Å². The Bertz CT molecular complexity index is 495. The van der Waals surface area contributed by atoms with Crippen molar-refractivity contribution >= 4 is 44.8 Å². The minimum absolute atomic E-state index is 0.352. The normalized spacial score (nSPS) is 21.8. The Hall–Kier alpha value is 0.0800. The van der Waals surface area contributed by atoms with Gasteiger partial charge in [-0.25, -0.2) is 0 Å². The third-order valence-electron chi connectivity index (χ3n) is 3.95. The van der Waals surface area contributed by atoms with E-state index < -0.39 is 0 Å². The summed E-state index contributed by atoms with van der Waals surface area (Å²) in [6.45, 7) is 9.38. The molecule has 0 aliphatic heterocycles. The lowest BCUT2D eigenvalue weighted by Crippen LogP contribution is -2.40. The Morgan fingerprint density at radius 2 is 1.60 bits per heavy atom. The molecule has 1 aliphatic carbocycles. The fraction of sp³-hybridized carbons (Fsp3) is 0.625. The van der Waals surface area contributed by atoms with Crippen molar-refractivity contribution in [3.8, 4) is 0 Å².